The fourth-order valence-corrected chi connectivity index (χ4v) is 3.80. The maximum absolute atomic E-state index is 12.5. The largest absolute Gasteiger partial charge is 0.444 e. The zero-order chi connectivity index (χ0) is 17.8. The normalized spacial score (nSPS) is 23.0. The van der Waals surface area contributed by atoms with Crippen LogP contribution in [0.4, 0.5) is 4.79 Å². The average molecular weight is 340 g/mol. The fraction of sp³-hybridized carbons (Fsp3) is 0.526. The number of hydrogen-bond acceptors (Lipinski definition) is 4. The van der Waals surface area contributed by atoms with Gasteiger partial charge in [0.2, 0.25) is 0 Å². The van der Waals surface area contributed by atoms with Crippen molar-refractivity contribution in [1.82, 2.24) is 19.5 Å². The molecule has 2 aromatic heterocycles. The minimum absolute atomic E-state index is 0.110. The van der Waals surface area contributed by atoms with Crippen molar-refractivity contribution in [3.63, 3.8) is 0 Å². The van der Waals surface area contributed by atoms with Crippen LogP contribution in [-0.2, 0) is 4.74 Å². The maximum atomic E-state index is 12.5. The summed E-state index contributed by atoms with van der Waals surface area (Å²) >= 11 is 0. The van der Waals surface area contributed by atoms with Gasteiger partial charge in [0.1, 0.15) is 5.60 Å². The van der Waals surface area contributed by atoms with Crippen molar-refractivity contribution >= 4 is 17.3 Å². The van der Waals surface area contributed by atoms with Gasteiger partial charge in [0.05, 0.1) is 11.7 Å². The Balaban J connectivity index is 1.61. The first-order chi connectivity index (χ1) is 11.8. The topological polar surface area (TPSA) is 59.7 Å². The summed E-state index contributed by atoms with van der Waals surface area (Å²) in [5.74, 6) is 0. The van der Waals surface area contributed by atoms with Crippen LogP contribution in [0.25, 0.3) is 11.2 Å². The van der Waals surface area contributed by atoms with Gasteiger partial charge in [-0.1, -0.05) is 6.08 Å². The average Bonchev–Trinajstić information content (AvgIpc) is 3.01. The van der Waals surface area contributed by atoms with Gasteiger partial charge in [0, 0.05) is 30.1 Å². The smallest absolute Gasteiger partial charge is 0.411 e. The summed E-state index contributed by atoms with van der Waals surface area (Å²) in [5, 5.41) is 4.45. The summed E-state index contributed by atoms with van der Waals surface area (Å²) in [6, 6.07) is 2.28. The molecule has 2 atom stereocenters. The van der Waals surface area contributed by atoms with Crippen molar-refractivity contribution in [2.45, 2.75) is 64.6 Å². The first-order valence-electron chi connectivity index (χ1n) is 8.84. The summed E-state index contributed by atoms with van der Waals surface area (Å²) in [6.45, 7) is 7.69. The quantitative estimate of drug-likeness (QED) is 0.796. The molecule has 2 aliphatic rings. The number of carbonyl (C=O) groups excluding carboxylic acids is 1. The van der Waals surface area contributed by atoms with E-state index in [-0.39, 0.29) is 18.2 Å². The monoisotopic (exact) mass is 340 g/mol. The Hall–Kier alpha value is -2.37. The summed E-state index contributed by atoms with van der Waals surface area (Å²) in [7, 11) is 0. The molecule has 6 heteroatoms. The minimum Gasteiger partial charge on any atom is -0.444 e. The van der Waals surface area contributed by atoms with Crippen LogP contribution in [0.2, 0.25) is 0 Å². The first kappa shape index (κ1) is 16.1. The highest BCUT2D eigenvalue weighted by Crippen LogP contribution is 2.39. The Morgan fingerprint density at radius 1 is 1.32 bits per heavy atom. The third-order valence-electron chi connectivity index (χ3n) is 4.81. The van der Waals surface area contributed by atoms with E-state index in [1.54, 1.807) is 0 Å². The summed E-state index contributed by atoms with van der Waals surface area (Å²) in [5.41, 5.74) is 3.67. The van der Waals surface area contributed by atoms with Crippen LogP contribution in [0.15, 0.2) is 24.5 Å². The zero-order valence-corrected chi connectivity index (χ0v) is 15.2. The Kier molecular flexibility index (Phi) is 3.60. The third-order valence-corrected chi connectivity index (χ3v) is 4.81. The van der Waals surface area contributed by atoms with E-state index in [1.807, 2.05) is 55.6 Å². The van der Waals surface area contributed by atoms with Gasteiger partial charge in [-0.2, -0.15) is 5.10 Å². The van der Waals surface area contributed by atoms with Crippen molar-refractivity contribution in [2.24, 2.45) is 0 Å². The maximum Gasteiger partial charge on any atom is 0.411 e. The second kappa shape index (κ2) is 5.58. The van der Waals surface area contributed by atoms with Crippen molar-refractivity contribution in [3.8, 4) is 0 Å². The van der Waals surface area contributed by atoms with Gasteiger partial charge in [0.15, 0.2) is 5.65 Å². The number of carbonyl (C=O) groups is 1. The summed E-state index contributed by atoms with van der Waals surface area (Å²) in [4.78, 5) is 19.0. The molecule has 2 aromatic rings. The van der Waals surface area contributed by atoms with E-state index in [4.69, 9.17) is 4.74 Å². The molecule has 2 bridgehead atoms. The predicted molar refractivity (Wildman–Crippen MR) is 95.2 cm³/mol. The van der Waals surface area contributed by atoms with Gasteiger partial charge in [-0.25, -0.2) is 14.3 Å². The van der Waals surface area contributed by atoms with Gasteiger partial charge >= 0.3 is 6.09 Å². The van der Waals surface area contributed by atoms with Crippen LogP contribution in [0.1, 0.15) is 51.3 Å². The second-order valence-corrected chi connectivity index (χ2v) is 8.01. The molecule has 1 saturated heterocycles. The molecule has 0 radical (unpaired) electrons. The Labute approximate surface area is 147 Å². The molecule has 0 N–H and O–H groups in total. The van der Waals surface area contributed by atoms with Crippen LogP contribution in [0.3, 0.4) is 0 Å². The molecule has 4 rings (SSSR count). The summed E-state index contributed by atoms with van der Waals surface area (Å²) < 4.78 is 7.42. The molecule has 0 saturated carbocycles. The van der Waals surface area contributed by atoms with Crippen molar-refractivity contribution < 1.29 is 9.53 Å². The lowest BCUT2D eigenvalue weighted by atomic mass is 9.97. The molecule has 0 aliphatic carbocycles. The Morgan fingerprint density at radius 3 is 2.84 bits per heavy atom. The highest BCUT2D eigenvalue weighted by molar-refractivity contribution is 5.75. The van der Waals surface area contributed by atoms with E-state index >= 15 is 0 Å². The van der Waals surface area contributed by atoms with Crippen molar-refractivity contribution in [2.75, 3.05) is 0 Å². The minimum atomic E-state index is -0.465. The zero-order valence-electron chi connectivity index (χ0n) is 15.2. The molecular formula is C19H24N4O2. The molecule has 132 valence electrons. The van der Waals surface area contributed by atoms with E-state index < -0.39 is 5.60 Å². The van der Waals surface area contributed by atoms with Crippen LogP contribution in [0.5, 0.6) is 0 Å². The van der Waals surface area contributed by atoms with Crippen LogP contribution >= 0.6 is 0 Å². The van der Waals surface area contributed by atoms with Crippen molar-refractivity contribution in [1.29, 1.82) is 0 Å². The highest BCUT2D eigenvalue weighted by Gasteiger charge is 2.41. The molecule has 4 heterocycles. The molecule has 1 fully saturated rings. The molecule has 2 unspecified atom stereocenters. The van der Waals surface area contributed by atoms with Crippen LogP contribution in [0, 0.1) is 6.92 Å². The van der Waals surface area contributed by atoms with Crippen LogP contribution < -0.4 is 0 Å². The number of fused-ring (bicyclic) bond motifs is 3. The molecule has 6 nitrogen and oxygen atoms in total. The number of aryl methyl sites for hydroxylation is 1. The van der Waals surface area contributed by atoms with E-state index in [1.165, 1.54) is 5.57 Å². The first-order valence-corrected chi connectivity index (χ1v) is 8.84. The molecule has 0 aromatic carbocycles. The number of amides is 1. The van der Waals surface area contributed by atoms with E-state index in [2.05, 4.69) is 16.2 Å². The molecular weight excluding hydrogens is 316 g/mol. The van der Waals surface area contributed by atoms with E-state index in [0.29, 0.717) is 0 Å². The SMILES string of the molecule is Cc1cc2ncc(C3=CC4CCC(C3)N4C(=O)OC(C)(C)C)cn2n1. The molecule has 25 heavy (non-hydrogen) atoms. The lowest BCUT2D eigenvalue weighted by Gasteiger charge is -2.35. The second-order valence-electron chi connectivity index (χ2n) is 8.01. The van der Waals surface area contributed by atoms with Crippen molar-refractivity contribution in [3.05, 3.63) is 35.8 Å². The Morgan fingerprint density at radius 2 is 2.12 bits per heavy atom. The van der Waals surface area contributed by atoms with Crippen LogP contribution in [-0.4, -0.2) is 43.3 Å². The number of nitrogens with zero attached hydrogens (tertiary/aromatic N) is 4. The lowest BCUT2D eigenvalue weighted by molar-refractivity contribution is 0.0175. The summed E-state index contributed by atoms with van der Waals surface area (Å²) in [6.07, 6.45) is 8.78. The molecule has 0 spiro atoms. The number of aromatic nitrogens is 3. The standard InChI is InChI=1S/C19H24N4O2/c1-12-7-17-20-10-14(11-22(17)21-12)13-8-15-5-6-16(9-13)23(15)18(24)25-19(2,3)4/h7-8,10-11,15-16H,5-6,9H2,1-4H3. The van der Waals surface area contributed by atoms with E-state index in [9.17, 15) is 4.79 Å². The molecule has 1 amide bonds. The van der Waals surface area contributed by atoms with Gasteiger partial charge in [-0.05, 0) is 52.5 Å². The van der Waals surface area contributed by atoms with Gasteiger partial charge in [0.25, 0.3) is 0 Å². The third kappa shape index (κ3) is 3.01. The lowest BCUT2D eigenvalue weighted by Crippen LogP contribution is -2.45. The number of hydrogen-bond donors (Lipinski definition) is 0. The van der Waals surface area contributed by atoms with Gasteiger partial charge in [-0.3, -0.25) is 4.90 Å². The number of ether oxygens (including phenoxy) is 1. The van der Waals surface area contributed by atoms with E-state index in [0.717, 1.165) is 36.2 Å². The molecule has 2 aliphatic heterocycles. The predicted octanol–water partition coefficient (Wildman–Crippen LogP) is 3.59. The highest BCUT2D eigenvalue weighted by atomic mass is 16.6. The number of rotatable bonds is 1. The fourth-order valence-electron chi connectivity index (χ4n) is 3.80. The van der Waals surface area contributed by atoms with Gasteiger partial charge < -0.3 is 4.74 Å². The Bertz CT molecular complexity index is 862. The van der Waals surface area contributed by atoms with Gasteiger partial charge in [-0.15, -0.1) is 0 Å².